The molecule has 178 valence electrons. The molecule has 1 saturated heterocycles. The molecule has 0 bridgehead atoms. The van der Waals surface area contributed by atoms with E-state index in [-0.39, 0.29) is 12.0 Å². The van der Waals surface area contributed by atoms with Crippen LogP contribution in [0.15, 0.2) is 72.9 Å². The molecule has 7 heteroatoms. The highest BCUT2D eigenvalue weighted by molar-refractivity contribution is 6.30. The molecule has 0 aliphatic carbocycles. The third-order valence-electron chi connectivity index (χ3n) is 6.03. The SMILES string of the molecule is CN1CCC(Oc2ccc(NC(=O)[C@@H](NCCc3ccc(Cl)cc3)c3ccccc3)nc2)CC1. The van der Waals surface area contributed by atoms with Gasteiger partial charge in [0.25, 0.3) is 0 Å². The minimum absolute atomic E-state index is 0.154. The first-order chi connectivity index (χ1) is 16.6. The monoisotopic (exact) mass is 478 g/mol. The van der Waals surface area contributed by atoms with Gasteiger partial charge in [-0.15, -0.1) is 0 Å². The van der Waals surface area contributed by atoms with E-state index in [4.69, 9.17) is 16.3 Å². The van der Waals surface area contributed by atoms with Crippen molar-refractivity contribution >= 4 is 23.3 Å². The number of hydrogen-bond donors (Lipinski definition) is 2. The Morgan fingerprint density at radius 1 is 1.09 bits per heavy atom. The Balaban J connectivity index is 1.35. The van der Waals surface area contributed by atoms with Crippen LogP contribution in [0.3, 0.4) is 0 Å². The molecule has 2 heterocycles. The molecular weight excluding hydrogens is 448 g/mol. The molecule has 1 aliphatic rings. The van der Waals surface area contributed by atoms with Gasteiger partial charge in [-0.2, -0.15) is 0 Å². The Bertz CT molecular complexity index is 1040. The summed E-state index contributed by atoms with van der Waals surface area (Å²) >= 11 is 5.97. The molecule has 1 amide bonds. The van der Waals surface area contributed by atoms with Gasteiger partial charge in [0, 0.05) is 24.7 Å². The number of aromatic nitrogens is 1. The lowest BCUT2D eigenvalue weighted by molar-refractivity contribution is -0.118. The van der Waals surface area contributed by atoms with E-state index < -0.39 is 6.04 Å². The number of carbonyl (C=O) groups is 1. The van der Waals surface area contributed by atoms with E-state index in [1.807, 2.05) is 60.7 Å². The number of benzene rings is 2. The number of piperidine rings is 1. The molecule has 2 aromatic carbocycles. The molecule has 1 fully saturated rings. The van der Waals surface area contributed by atoms with Gasteiger partial charge in [0.1, 0.15) is 23.7 Å². The Kier molecular flexibility index (Phi) is 8.52. The number of hydrogen-bond acceptors (Lipinski definition) is 5. The van der Waals surface area contributed by atoms with Gasteiger partial charge in [-0.05, 0) is 61.7 Å². The van der Waals surface area contributed by atoms with Crippen molar-refractivity contribution in [1.82, 2.24) is 15.2 Å². The minimum atomic E-state index is -0.495. The minimum Gasteiger partial charge on any atom is -0.489 e. The van der Waals surface area contributed by atoms with Gasteiger partial charge in [-0.25, -0.2) is 4.98 Å². The van der Waals surface area contributed by atoms with Crippen LogP contribution in [-0.2, 0) is 11.2 Å². The number of likely N-dealkylation sites (tertiary alicyclic amines) is 1. The lowest BCUT2D eigenvalue weighted by Gasteiger charge is -2.29. The van der Waals surface area contributed by atoms with Gasteiger partial charge in [0.15, 0.2) is 0 Å². The fourth-order valence-electron chi connectivity index (χ4n) is 4.04. The predicted molar refractivity (Wildman–Crippen MR) is 136 cm³/mol. The number of rotatable bonds is 9. The van der Waals surface area contributed by atoms with E-state index in [0.29, 0.717) is 17.4 Å². The van der Waals surface area contributed by atoms with E-state index in [0.717, 1.165) is 49.2 Å². The van der Waals surface area contributed by atoms with E-state index >= 15 is 0 Å². The molecule has 2 N–H and O–H groups in total. The summed E-state index contributed by atoms with van der Waals surface area (Å²) in [6.07, 6.45) is 4.70. The van der Waals surface area contributed by atoms with Crippen molar-refractivity contribution in [2.75, 3.05) is 32.0 Å². The molecule has 1 atom stereocenters. The molecule has 1 aliphatic heterocycles. The first-order valence-electron chi connectivity index (χ1n) is 11.7. The van der Waals surface area contributed by atoms with Crippen molar-refractivity contribution in [3.05, 3.63) is 89.1 Å². The molecule has 0 unspecified atom stereocenters. The molecule has 3 aromatic rings. The highest BCUT2D eigenvalue weighted by Crippen LogP contribution is 2.20. The zero-order valence-corrected chi connectivity index (χ0v) is 20.2. The zero-order valence-electron chi connectivity index (χ0n) is 19.4. The lowest BCUT2D eigenvalue weighted by Crippen LogP contribution is -2.35. The summed E-state index contributed by atoms with van der Waals surface area (Å²) in [5.74, 6) is 1.08. The van der Waals surface area contributed by atoms with Crippen molar-refractivity contribution in [3.63, 3.8) is 0 Å². The fraction of sp³-hybridized carbons (Fsp3) is 0.333. The normalized spacial score (nSPS) is 15.6. The van der Waals surface area contributed by atoms with E-state index in [2.05, 4.69) is 27.6 Å². The topological polar surface area (TPSA) is 66.5 Å². The molecule has 0 radical (unpaired) electrons. The van der Waals surface area contributed by atoms with E-state index in [9.17, 15) is 4.79 Å². The second kappa shape index (κ2) is 12.0. The molecular formula is C27H31ClN4O2. The zero-order chi connectivity index (χ0) is 23.8. The third-order valence-corrected chi connectivity index (χ3v) is 6.28. The summed E-state index contributed by atoms with van der Waals surface area (Å²) in [7, 11) is 2.13. The van der Waals surface area contributed by atoms with Crippen LogP contribution in [0.4, 0.5) is 5.82 Å². The maximum atomic E-state index is 13.2. The van der Waals surface area contributed by atoms with Gasteiger partial charge in [0.2, 0.25) is 5.91 Å². The van der Waals surface area contributed by atoms with Crippen LogP contribution in [0.5, 0.6) is 5.75 Å². The maximum absolute atomic E-state index is 13.2. The summed E-state index contributed by atoms with van der Waals surface area (Å²) in [4.78, 5) is 19.9. The average Bonchev–Trinajstić information content (AvgIpc) is 2.86. The van der Waals surface area contributed by atoms with Crippen LogP contribution in [-0.4, -0.2) is 48.6 Å². The van der Waals surface area contributed by atoms with Crippen molar-refractivity contribution in [3.8, 4) is 5.75 Å². The number of carbonyl (C=O) groups excluding carboxylic acids is 1. The van der Waals surface area contributed by atoms with E-state index in [1.165, 1.54) is 0 Å². The molecule has 4 rings (SSSR count). The molecule has 1 aromatic heterocycles. The third kappa shape index (κ3) is 7.03. The molecule has 6 nitrogen and oxygen atoms in total. The number of ether oxygens (including phenoxy) is 1. The largest absolute Gasteiger partial charge is 0.489 e. The standard InChI is InChI=1S/C27H31ClN4O2/c1-32-17-14-23(15-18-32)34-24-11-12-25(30-19-24)31-27(33)26(21-5-3-2-4-6-21)29-16-13-20-7-9-22(28)10-8-20/h2-12,19,23,26,29H,13-18H2,1H3,(H,30,31,33)/t26-/m0/s1. The first-order valence-corrected chi connectivity index (χ1v) is 12.1. The summed E-state index contributed by atoms with van der Waals surface area (Å²) < 4.78 is 6.06. The van der Waals surface area contributed by atoms with Crippen LogP contribution in [0.1, 0.15) is 30.0 Å². The second-order valence-corrected chi connectivity index (χ2v) is 9.10. The van der Waals surface area contributed by atoms with Crippen molar-refractivity contribution in [1.29, 1.82) is 0 Å². The maximum Gasteiger partial charge on any atom is 0.247 e. The quantitative estimate of drug-likeness (QED) is 0.466. The highest BCUT2D eigenvalue weighted by Gasteiger charge is 2.21. The average molecular weight is 479 g/mol. The van der Waals surface area contributed by atoms with Gasteiger partial charge in [-0.1, -0.05) is 54.1 Å². The van der Waals surface area contributed by atoms with Gasteiger partial charge < -0.3 is 20.3 Å². The number of pyridine rings is 1. The van der Waals surface area contributed by atoms with Gasteiger partial charge >= 0.3 is 0 Å². The number of amides is 1. The van der Waals surface area contributed by atoms with Crippen LogP contribution in [0.2, 0.25) is 5.02 Å². The number of nitrogens with zero attached hydrogens (tertiary/aromatic N) is 2. The Hall–Kier alpha value is -2.93. The Morgan fingerprint density at radius 3 is 2.50 bits per heavy atom. The second-order valence-electron chi connectivity index (χ2n) is 8.66. The van der Waals surface area contributed by atoms with Crippen LogP contribution < -0.4 is 15.4 Å². The smallest absolute Gasteiger partial charge is 0.247 e. The highest BCUT2D eigenvalue weighted by atomic mass is 35.5. The summed E-state index contributed by atoms with van der Waals surface area (Å²) in [6, 6.07) is 20.6. The molecule has 34 heavy (non-hydrogen) atoms. The van der Waals surface area contributed by atoms with Crippen LogP contribution >= 0.6 is 11.6 Å². The van der Waals surface area contributed by atoms with Gasteiger partial charge in [-0.3, -0.25) is 4.79 Å². The number of nitrogens with one attached hydrogen (secondary N) is 2. The first kappa shape index (κ1) is 24.2. The molecule has 0 spiro atoms. The molecule has 0 saturated carbocycles. The van der Waals surface area contributed by atoms with Gasteiger partial charge in [0.05, 0.1) is 6.20 Å². The summed E-state index contributed by atoms with van der Waals surface area (Å²) in [5, 5.41) is 7.04. The van der Waals surface area contributed by atoms with Crippen LogP contribution in [0, 0.1) is 0 Å². The Labute approximate surface area is 206 Å². The lowest BCUT2D eigenvalue weighted by atomic mass is 10.1. The number of anilines is 1. The van der Waals surface area contributed by atoms with Crippen molar-refractivity contribution < 1.29 is 9.53 Å². The summed E-state index contributed by atoms with van der Waals surface area (Å²) in [5.41, 5.74) is 2.06. The predicted octanol–water partition coefficient (Wildman–Crippen LogP) is 4.72. The van der Waals surface area contributed by atoms with Crippen LogP contribution in [0.25, 0.3) is 0 Å². The van der Waals surface area contributed by atoms with E-state index in [1.54, 1.807) is 12.3 Å². The fourth-order valence-corrected chi connectivity index (χ4v) is 4.16. The summed E-state index contributed by atoms with van der Waals surface area (Å²) in [6.45, 7) is 2.72. The van der Waals surface area contributed by atoms with Crippen molar-refractivity contribution in [2.45, 2.75) is 31.4 Å². The Morgan fingerprint density at radius 2 is 1.82 bits per heavy atom. The van der Waals surface area contributed by atoms with Crippen molar-refractivity contribution in [2.24, 2.45) is 0 Å². The number of halogens is 1.